The predicted molar refractivity (Wildman–Crippen MR) is 128 cm³/mol. The zero-order valence-corrected chi connectivity index (χ0v) is 22.5. The molecular formula is C26H46O9. The summed E-state index contributed by atoms with van der Waals surface area (Å²) in [5, 5.41) is 31.8. The van der Waals surface area contributed by atoms with Gasteiger partial charge >= 0.3 is 5.97 Å². The molecule has 0 bridgehead atoms. The van der Waals surface area contributed by atoms with Gasteiger partial charge in [0.2, 0.25) is 0 Å². The molecule has 0 aromatic heterocycles. The second-order valence-electron chi connectivity index (χ2n) is 11.2. The highest BCUT2D eigenvalue weighted by atomic mass is 16.7. The van der Waals surface area contributed by atoms with Gasteiger partial charge in [0.15, 0.2) is 6.29 Å². The summed E-state index contributed by atoms with van der Waals surface area (Å²) in [5.74, 6) is -2.89. The van der Waals surface area contributed by atoms with E-state index in [0.29, 0.717) is 19.3 Å². The van der Waals surface area contributed by atoms with Gasteiger partial charge in [-0.3, -0.25) is 9.59 Å². The average Bonchev–Trinajstić information content (AvgIpc) is 2.81. The van der Waals surface area contributed by atoms with Crippen molar-refractivity contribution < 1.29 is 43.9 Å². The van der Waals surface area contributed by atoms with Crippen LogP contribution in [0.3, 0.4) is 0 Å². The van der Waals surface area contributed by atoms with Gasteiger partial charge in [0.25, 0.3) is 0 Å². The van der Waals surface area contributed by atoms with Crippen LogP contribution in [0, 0.1) is 29.6 Å². The maximum Gasteiger partial charge on any atom is 0.311 e. The van der Waals surface area contributed by atoms with Gasteiger partial charge in [0, 0.05) is 25.4 Å². The third-order valence-corrected chi connectivity index (χ3v) is 7.87. The lowest BCUT2D eigenvalue weighted by atomic mass is 9.80. The number of Topliss-reactive ketones (excluding diaryl/α,β-unsaturated/α-hetero) is 1. The number of aliphatic hydroxyl groups excluding tert-OH is 2. The average molecular weight is 503 g/mol. The maximum absolute atomic E-state index is 13.0. The number of ketones is 1. The second-order valence-corrected chi connectivity index (χ2v) is 11.2. The molecule has 2 heterocycles. The Labute approximate surface area is 209 Å². The topological polar surface area (TPSA) is 132 Å². The number of aliphatic hydroxyl groups is 3. The first-order chi connectivity index (χ1) is 16.2. The van der Waals surface area contributed by atoms with Crippen LogP contribution >= 0.6 is 0 Å². The van der Waals surface area contributed by atoms with Crippen LogP contribution in [-0.2, 0) is 28.5 Å². The molecule has 2 fully saturated rings. The molecule has 0 aromatic rings. The molecule has 2 saturated heterocycles. The molecule has 6 unspecified atom stereocenters. The fourth-order valence-electron chi connectivity index (χ4n) is 5.35. The van der Waals surface area contributed by atoms with Crippen molar-refractivity contribution in [2.24, 2.45) is 29.6 Å². The minimum atomic E-state index is -1.80. The molecule has 2 aliphatic heterocycles. The van der Waals surface area contributed by atoms with Gasteiger partial charge in [-0.2, -0.15) is 0 Å². The quantitative estimate of drug-likeness (QED) is 0.496. The molecule has 2 rings (SSSR count). The third-order valence-electron chi connectivity index (χ3n) is 7.87. The maximum atomic E-state index is 13.0. The minimum absolute atomic E-state index is 0.0306. The van der Waals surface area contributed by atoms with E-state index in [0.717, 1.165) is 0 Å². The number of carbonyl (C=O) groups excluding carboxylic acids is 2. The summed E-state index contributed by atoms with van der Waals surface area (Å²) in [6.45, 7) is 11.7. The lowest BCUT2D eigenvalue weighted by Crippen LogP contribution is -2.51. The standard InChI is InChI=1S/C26H46O9/c1-13-9-19(32-8)10-15(3)23(35-20-11-14(2)22(28)18(6)34-20)17(5)25(30)33-12-26(7,31)24(29)16(4)21(13)27/h13-20,22-24,28-29,31H,9-12H2,1-8H3/t13-,14?,15-,16?,17?,18?,19?,20+,22-,23+,24?,26-/m1/s1. The molecular weight excluding hydrogens is 456 g/mol. The van der Waals surface area contributed by atoms with E-state index in [9.17, 15) is 24.9 Å². The Kier molecular flexibility index (Phi) is 10.7. The second kappa shape index (κ2) is 12.4. The predicted octanol–water partition coefficient (Wildman–Crippen LogP) is 2.08. The Hall–Kier alpha value is -1.10. The normalized spacial score (nSPS) is 47.1. The largest absolute Gasteiger partial charge is 0.462 e. The SMILES string of the molecule is COC1C[C@@H](C)C(=O)C(C)C(O)[C@](C)(O)COC(=O)C(C)[C@@H](O[C@H]2CC(C)[C@@H](O)C(C)O2)[C@H](C)C1. The van der Waals surface area contributed by atoms with E-state index >= 15 is 0 Å². The first kappa shape index (κ1) is 30.1. The molecule has 9 heteroatoms. The van der Waals surface area contributed by atoms with Crippen molar-refractivity contribution in [1.82, 2.24) is 0 Å². The number of cyclic esters (lactones) is 1. The highest BCUT2D eigenvalue weighted by molar-refractivity contribution is 5.83. The molecule has 2 aliphatic rings. The van der Waals surface area contributed by atoms with Gasteiger partial charge in [-0.05, 0) is 45.4 Å². The lowest BCUT2D eigenvalue weighted by Gasteiger charge is -2.40. The van der Waals surface area contributed by atoms with E-state index < -0.39 is 66.6 Å². The number of ether oxygens (including phenoxy) is 4. The zero-order valence-electron chi connectivity index (χ0n) is 22.5. The van der Waals surface area contributed by atoms with Crippen molar-refractivity contribution in [3.63, 3.8) is 0 Å². The van der Waals surface area contributed by atoms with Crippen LogP contribution in [0.5, 0.6) is 0 Å². The van der Waals surface area contributed by atoms with Crippen LogP contribution in [0.15, 0.2) is 0 Å². The van der Waals surface area contributed by atoms with Gasteiger partial charge in [0.1, 0.15) is 18.0 Å². The van der Waals surface area contributed by atoms with Crippen molar-refractivity contribution in [3.8, 4) is 0 Å². The summed E-state index contributed by atoms with van der Waals surface area (Å²) < 4.78 is 23.3. The summed E-state index contributed by atoms with van der Waals surface area (Å²) in [6.07, 6.45) is -2.42. The lowest BCUT2D eigenvalue weighted by molar-refractivity contribution is -0.261. The van der Waals surface area contributed by atoms with Crippen LogP contribution in [0.1, 0.15) is 67.7 Å². The Bertz CT molecular complexity index is 699. The Morgan fingerprint density at radius 2 is 1.57 bits per heavy atom. The first-order valence-corrected chi connectivity index (χ1v) is 12.8. The number of methoxy groups -OCH3 is 1. The van der Waals surface area contributed by atoms with Crippen molar-refractivity contribution in [3.05, 3.63) is 0 Å². The van der Waals surface area contributed by atoms with Crippen LogP contribution in [0.2, 0.25) is 0 Å². The fraction of sp³-hybridized carbons (Fsp3) is 0.923. The van der Waals surface area contributed by atoms with Gasteiger partial charge in [-0.1, -0.05) is 27.7 Å². The van der Waals surface area contributed by atoms with E-state index in [1.807, 2.05) is 13.8 Å². The van der Waals surface area contributed by atoms with Crippen molar-refractivity contribution in [2.45, 2.75) is 110 Å². The number of rotatable bonds is 3. The van der Waals surface area contributed by atoms with Crippen LogP contribution in [0.4, 0.5) is 0 Å². The van der Waals surface area contributed by atoms with Crippen molar-refractivity contribution in [1.29, 1.82) is 0 Å². The van der Waals surface area contributed by atoms with Crippen molar-refractivity contribution >= 4 is 11.8 Å². The molecule has 0 aromatic carbocycles. The summed E-state index contributed by atoms with van der Waals surface area (Å²) in [7, 11) is 1.59. The molecule has 0 spiro atoms. The number of carbonyl (C=O) groups is 2. The Balaban J connectivity index is 2.33. The summed E-state index contributed by atoms with van der Waals surface area (Å²) in [5.41, 5.74) is -1.80. The van der Waals surface area contributed by atoms with E-state index in [-0.39, 0.29) is 23.7 Å². The summed E-state index contributed by atoms with van der Waals surface area (Å²) in [4.78, 5) is 26.0. The van der Waals surface area contributed by atoms with Crippen LogP contribution < -0.4 is 0 Å². The third kappa shape index (κ3) is 7.46. The molecule has 0 aliphatic carbocycles. The van der Waals surface area contributed by atoms with E-state index in [2.05, 4.69) is 0 Å². The minimum Gasteiger partial charge on any atom is -0.462 e. The number of hydrogen-bond acceptors (Lipinski definition) is 9. The highest BCUT2D eigenvalue weighted by Crippen LogP contribution is 2.33. The zero-order chi connectivity index (χ0) is 26.7. The smallest absolute Gasteiger partial charge is 0.311 e. The first-order valence-electron chi connectivity index (χ1n) is 12.8. The van der Waals surface area contributed by atoms with E-state index in [1.165, 1.54) is 6.92 Å². The highest BCUT2D eigenvalue weighted by Gasteiger charge is 2.43. The van der Waals surface area contributed by atoms with E-state index in [4.69, 9.17) is 18.9 Å². The van der Waals surface area contributed by atoms with Crippen LogP contribution in [0.25, 0.3) is 0 Å². The molecule has 204 valence electrons. The Morgan fingerprint density at radius 3 is 2.14 bits per heavy atom. The summed E-state index contributed by atoms with van der Waals surface area (Å²) in [6, 6.07) is 0. The molecule has 0 radical (unpaired) electrons. The molecule has 3 N–H and O–H groups in total. The van der Waals surface area contributed by atoms with Gasteiger partial charge in [-0.25, -0.2) is 0 Å². The molecule has 12 atom stereocenters. The number of hydrogen-bond donors (Lipinski definition) is 3. The fourth-order valence-corrected chi connectivity index (χ4v) is 5.35. The van der Waals surface area contributed by atoms with Crippen molar-refractivity contribution in [2.75, 3.05) is 13.7 Å². The van der Waals surface area contributed by atoms with Gasteiger partial charge < -0.3 is 34.3 Å². The molecule has 9 nitrogen and oxygen atoms in total. The monoisotopic (exact) mass is 502 g/mol. The molecule has 35 heavy (non-hydrogen) atoms. The van der Waals surface area contributed by atoms with E-state index in [1.54, 1.807) is 34.8 Å². The Morgan fingerprint density at radius 1 is 0.943 bits per heavy atom. The van der Waals surface area contributed by atoms with Crippen LogP contribution in [-0.4, -0.2) is 83.2 Å². The summed E-state index contributed by atoms with van der Waals surface area (Å²) >= 11 is 0. The van der Waals surface area contributed by atoms with Gasteiger partial charge in [-0.15, -0.1) is 0 Å². The number of esters is 1. The molecule has 0 saturated carbocycles. The van der Waals surface area contributed by atoms with Gasteiger partial charge in [0.05, 0.1) is 36.4 Å². The molecule has 0 amide bonds.